The maximum Gasteiger partial charge on any atom is 0.305 e. The minimum Gasteiger partial charge on any atom is -0.481 e. The molecule has 84 valence electrons. The Labute approximate surface area is 92.7 Å². The second-order valence-electron chi connectivity index (χ2n) is 3.77. The van der Waals surface area contributed by atoms with Crippen molar-refractivity contribution in [3.05, 3.63) is 35.6 Å². The Hall–Kier alpha value is -1.81. The lowest BCUT2D eigenvalue weighted by Gasteiger charge is -2.07. The number of aryl methyl sites for hydroxylation is 1. The average molecular weight is 219 g/mol. The lowest BCUT2D eigenvalue weighted by molar-refractivity contribution is -0.137. The quantitative estimate of drug-likeness (QED) is 0.829. The highest BCUT2D eigenvalue weighted by atomic mass is 16.4. The summed E-state index contributed by atoms with van der Waals surface area (Å²) in [5.41, 5.74) is 7.40. The maximum absolute atomic E-state index is 10.6. The smallest absolute Gasteiger partial charge is 0.305 e. The van der Waals surface area contributed by atoms with Gasteiger partial charge in [0.1, 0.15) is 11.3 Å². The molecule has 1 heterocycles. The molecule has 4 nitrogen and oxygen atoms in total. The van der Waals surface area contributed by atoms with Crippen molar-refractivity contribution in [2.75, 3.05) is 0 Å². The minimum atomic E-state index is -0.905. The minimum absolute atomic E-state index is 0.0929. The van der Waals surface area contributed by atoms with Crippen LogP contribution in [-0.2, 0) is 4.79 Å². The predicted molar refractivity (Wildman–Crippen MR) is 60.1 cm³/mol. The van der Waals surface area contributed by atoms with Crippen LogP contribution < -0.4 is 5.73 Å². The van der Waals surface area contributed by atoms with E-state index in [9.17, 15) is 4.79 Å². The van der Waals surface area contributed by atoms with E-state index in [-0.39, 0.29) is 6.42 Å². The number of hydrogen-bond acceptors (Lipinski definition) is 3. The van der Waals surface area contributed by atoms with E-state index in [2.05, 4.69) is 0 Å². The van der Waals surface area contributed by atoms with E-state index in [1.807, 2.05) is 24.3 Å². The molecule has 2 rings (SSSR count). The van der Waals surface area contributed by atoms with E-state index >= 15 is 0 Å². The fourth-order valence-electron chi connectivity index (χ4n) is 1.94. The van der Waals surface area contributed by atoms with Crippen LogP contribution in [0.15, 0.2) is 28.7 Å². The van der Waals surface area contributed by atoms with Gasteiger partial charge in [-0.3, -0.25) is 4.79 Å². The number of nitrogens with two attached hydrogens (primary N) is 1. The molecular formula is C12H13NO3. The Morgan fingerprint density at radius 1 is 1.50 bits per heavy atom. The molecule has 16 heavy (non-hydrogen) atoms. The van der Waals surface area contributed by atoms with Gasteiger partial charge in [-0.05, 0) is 13.0 Å². The van der Waals surface area contributed by atoms with Crippen molar-refractivity contribution in [1.82, 2.24) is 0 Å². The third kappa shape index (κ3) is 1.79. The molecule has 0 saturated carbocycles. The van der Waals surface area contributed by atoms with Crippen molar-refractivity contribution in [3.8, 4) is 0 Å². The second-order valence-corrected chi connectivity index (χ2v) is 3.77. The largest absolute Gasteiger partial charge is 0.481 e. The third-order valence-electron chi connectivity index (χ3n) is 2.58. The number of furan rings is 1. The first-order chi connectivity index (χ1) is 7.59. The van der Waals surface area contributed by atoms with Crippen LogP contribution in [0, 0.1) is 6.92 Å². The predicted octanol–water partition coefficient (Wildman–Crippen LogP) is 2.22. The fourth-order valence-corrected chi connectivity index (χ4v) is 1.94. The van der Waals surface area contributed by atoms with Crippen LogP contribution in [0.1, 0.15) is 23.8 Å². The van der Waals surface area contributed by atoms with Gasteiger partial charge in [-0.25, -0.2) is 0 Å². The highest BCUT2D eigenvalue weighted by Crippen LogP contribution is 2.30. The molecule has 4 heteroatoms. The number of rotatable bonds is 3. The Kier molecular flexibility index (Phi) is 2.66. The molecule has 0 aliphatic rings. The van der Waals surface area contributed by atoms with E-state index in [0.717, 1.165) is 16.5 Å². The molecule has 2 aromatic rings. The molecule has 0 saturated heterocycles. The number of para-hydroxylation sites is 1. The van der Waals surface area contributed by atoms with E-state index in [1.54, 1.807) is 6.92 Å². The third-order valence-corrected chi connectivity index (χ3v) is 2.58. The van der Waals surface area contributed by atoms with Crippen molar-refractivity contribution in [2.45, 2.75) is 19.4 Å². The highest BCUT2D eigenvalue weighted by molar-refractivity contribution is 5.83. The monoisotopic (exact) mass is 219 g/mol. The summed E-state index contributed by atoms with van der Waals surface area (Å²) < 4.78 is 5.53. The molecule has 0 aliphatic heterocycles. The van der Waals surface area contributed by atoms with Crippen LogP contribution in [0.4, 0.5) is 0 Å². The van der Waals surface area contributed by atoms with Gasteiger partial charge in [-0.1, -0.05) is 18.2 Å². The van der Waals surface area contributed by atoms with E-state index < -0.39 is 12.0 Å². The van der Waals surface area contributed by atoms with Crippen molar-refractivity contribution in [1.29, 1.82) is 0 Å². The van der Waals surface area contributed by atoms with Gasteiger partial charge in [-0.15, -0.1) is 0 Å². The molecule has 0 bridgehead atoms. The van der Waals surface area contributed by atoms with Gasteiger partial charge in [0.25, 0.3) is 0 Å². The highest BCUT2D eigenvalue weighted by Gasteiger charge is 2.19. The number of carboxylic acids is 1. The number of carbonyl (C=O) groups is 1. The van der Waals surface area contributed by atoms with Crippen LogP contribution in [0.25, 0.3) is 11.0 Å². The maximum atomic E-state index is 10.6. The van der Waals surface area contributed by atoms with Crippen LogP contribution in [-0.4, -0.2) is 11.1 Å². The first-order valence-electron chi connectivity index (χ1n) is 5.05. The van der Waals surface area contributed by atoms with Crippen LogP contribution in [0.5, 0.6) is 0 Å². The Morgan fingerprint density at radius 3 is 2.88 bits per heavy atom. The summed E-state index contributed by atoms with van der Waals surface area (Å²) in [6, 6.07) is 6.97. The number of fused-ring (bicyclic) bond motifs is 1. The molecule has 0 radical (unpaired) electrons. The molecular weight excluding hydrogens is 206 g/mol. The Morgan fingerprint density at radius 2 is 2.19 bits per heavy atom. The van der Waals surface area contributed by atoms with Gasteiger partial charge in [-0.2, -0.15) is 0 Å². The molecule has 1 atom stereocenters. The average Bonchev–Trinajstić information content (AvgIpc) is 2.52. The lowest BCUT2D eigenvalue weighted by atomic mass is 10.0. The van der Waals surface area contributed by atoms with Gasteiger partial charge in [0.15, 0.2) is 0 Å². The summed E-state index contributed by atoms with van der Waals surface area (Å²) in [6.45, 7) is 1.80. The van der Waals surface area contributed by atoms with Gasteiger partial charge >= 0.3 is 5.97 Å². The van der Waals surface area contributed by atoms with Crippen LogP contribution in [0.2, 0.25) is 0 Å². The number of hydrogen-bond donors (Lipinski definition) is 2. The van der Waals surface area contributed by atoms with Gasteiger partial charge in [0.2, 0.25) is 0 Å². The SMILES string of the molecule is Cc1oc2ccccc2c1C(N)CC(=O)O. The Bertz CT molecular complexity index is 530. The zero-order valence-electron chi connectivity index (χ0n) is 8.93. The summed E-state index contributed by atoms with van der Waals surface area (Å²) in [4.78, 5) is 10.6. The zero-order valence-corrected chi connectivity index (χ0v) is 8.93. The molecule has 0 fully saturated rings. The van der Waals surface area contributed by atoms with Gasteiger partial charge in [0, 0.05) is 17.0 Å². The normalized spacial score (nSPS) is 12.9. The van der Waals surface area contributed by atoms with E-state index in [0.29, 0.717) is 5.76 Å². The molecule has 0 aliphatic carbocycles. The molecule has 3 N–H and O–H groups in total. The van der Waals surface area contributed by atoms with Crippen molar-refractivity contribution in [3.63, 3.8) is 0 Å². The molecule has 1 aromatic carbocycles. The molecule has 1 aromatic heterocycles. The topological polar surface area (TPSA) is 76.5 Å². The van der Waals surface area contributed by atoms with Crippen LogP contribution >= 0.6 is 0 Å². The lowest BCUT2D eigenvalue weighted by Crippen LogP contribution is -2.15. The summed E-state index contributed by atoms with van der Waals surface area (Å²) in [6.07, 6.45) is -0.0929. The van der Waals surface area contributed by atoms with E-state index in [1.165, 1.54) is 0 Å². The molecule has 1 unspecified atom stereocenters. The van der Waals surface area contributed by atoms with Crippen molar-refractivity contribution in [2.24, 2.45) is 5.73 Å². The fraction of sp³-hybridized carbons (Fsp3) is 0.250. The van der Waals surface area contributed by atoms with Crippen LogP contribution in [0.3, 0.4) is 0 Å². The summed E-state index contributed by atoms with van der Waals surface area (Å²) in [5, 5.41) is 9.63. The van der Waals surface area contributed by atoms with Gasteiger partial charge < -0.3 is 15.3 Å². The van der Waals surface area contributed by atoms with E-state index in [4.69, 9.17) is 15.3 Å². The zero-order chi connectivity index (χ0) is 11.7. The molecule has 0 spiro atoms. The van der Waals surface area contributed by atoms with Crippen molar-refractivity contribution >= 4 is 16.9 Å². The van der Waals surface area contributed by atoms with Gasteiger partial charge in [0.05, 0.1) is 6.42 Å². The summed E-state index contributed by atoms with van der Waals surface area (Å²) in [7, 11) is 0. The first-order valence-corrected chi connectivity index (χ1v) is 5.05. The number of benzene rings is 1. The second kappa shape index (κ2) is 3.98. The van der Waals surface area contributed by atoms with Crippen molar-refractivity contribution < 1.29 is 14.3 Å². The number of aliphatic carboxylic acids is 1. The molecule has 0 amide bonds. The summed E-state index contributed by atoms with van der Waals surface area (Å²) in [5.74, 6) is -0.216. The summed E-state index contributed by atoms with van der Waals surface area (Å²) >= 11 is 0. The standard InChI is InChI=1S/C12H13NO3/c1-7-12(9(13)6-11(14)15)8-4-2-3-5-10(8)16-7/h2-5,9H,6,13H2,1H3,(H,14,15). The number of carboxylic acid groups (broad SMARTS) is 1. The Balaban J connectivity index is 2.50. The first kappa shape index (κ1) is 10.7.